The molecule has 5 heteroatoms. The van der Waals surface area contributed by atoms with E-state index in [2.05, 4.69) is 29.8 Å². The van der Waals surface area contributed by atoms with E-state index in [0.29, 0.717) is 23.0 Å². The molecule has 1 fully saturated rings. The van der Waals surface area contributed by atoms with Gasteiger partial charge in [-0.15, -0.1) is 0 Å². The van der Waals surface area contributed by atoms with Crippen LogP contribution in [-0.2, 0) is 0 Å². The first kappa shape index (κ1) is 11.2. The maximum absolute atomic E-state index is 11.3. The molecule has 2 unspecified atom stereocenters. The van der Waals surface area contributed by atoms with Crippen molar-refractivity contribution in [3.8, 4) is 0 Å². The summed E-state index contributed by atoms with van der Waals surface area (Å²) < 4.78 is 0. The summed E-state index contributed by atoms with van der Waals surface area (Å²) >= 11 is 4.80. The fourth-order valence-corrected chi connectivity index (χ4v) is 1.58. The second-order valence-corrected chi connectivity index (χ2v) is 4.34. The Bertz CT molecular complexity index is 242. The SMILES string of the molecule is CNC(=S)NC(=O)NC1CC1C(C)C. The number of carbonyl (C=O) groups excluding carboxylic acids is 1. The lowest BCUT2D eigenvalue weighted by molar-refractivity contribution is 0.244. The molecule has 2 amide bonds. The lowest BCUT2D eigenvalue weighted by atomic mass is 10.1. The minimum absolute atomic E-state index is 0.211. The van der Waals surface area contributed by atoms with Crippen LogP contribution in [0.15, 0.2) is 0 Å². The molecular formula is C9H17N3OS. The molecule has 0 aromatic rings. The Hall–Kier alpha value is -0.840. The van der Waals surface area contributed by atoms with E-state index in [0.717, 1.165) is 6.42 Å². The number of carbonyl (C=O) groups is 1. The summed E-state index contributed by atoms with van der Waals surface area (Å²) in [4.78, 5) is 11.3. The van der Waals surface area contributed by atoms with E-state index < -0.39 is 0 Å². The van der Waals surface area contributed by atoms with Gasteiger partial charge in [0.1, 0.15) is 0 Å². The summed E-state index contributed by atoms with van der Waals surface area (Å²) in [5.74, 6) is 1.26. The first-order chi connectivity index (χ1) is 6.54. The van der Waals surface area contributed by atoms with Crippen molar-refractivity contribution >= 4 is 23.4 Å². The van der Waals surface area contributed by atoms with Gasteiger partial charge in [-0.25, -0.2) is 4.79 Å². The number of nitrogens with one attached hydrogen (secondary N) is 3. The largest absolute Gasteiger partial charge is 0.365 e. The fourth-order valence-electron chi connectivity index (χ4n) is 1.49. The van der Waals surface area contributed by atoms with E-state index in [1.54, 1.807) is 7.05 Å². The van der Waals surface area contributed by atoms with Crippen LogP contribution < -0.4 is 16.0 Å². The molecule has 1 aliphatic rings. The second kappa shape index (κ2) is 4.59. The molecule has 1 aliphatic carbocycles. The Morgan fingerprint density at radius 2 is 2.14 bits per heavy atom. The van der Waals surface area contributed by atoms with Crippen molar-refractivity contribution in [1.29, 1.82) is 0 Å². The van der Waals surface area contributed by atoms with E-state index in [-0.39, 0.29) is 6.03 Å². The highest BCUT2D eigenvalue weighted by molar-refractivity contribution is 7.80. The zero-order valence-electron chi connectivity index (χ0n) is 8.76. The highest BCUT2D eigenvalue weighted by atomic mass is 32.1. The molecule has 0 saturated heterocycles. The summed E-state index contributed by atoms with van der Waals surface area (Å²) in [5.41, 5.74) is 0. The molecule has 4 nitrogen and oxygen atoms in total. The van der Waals surface area contributed by atoms with Crippen LogP contribution in [0.25, 0.3) is 0 Å². The van der Waals surface area contributed by atoms with Crippen LogP contribution in [0, 0.1) is 11.8 Å². The first-order valence-electron chi connectivity index (χ1n) is 4.83. The number of rotatable bonds is 2. The average molecular weight is 215 g/mol. The second-order valence-electron chi connectivity index (χ2n) is 3.93. The summed E-state index contributed by atoms with van der Waals surface area (Å²) in [6, 6.07) is 0.118. The van der Waals surface area contributed by atoms with E-state index in [1.165, 1.54) is 0 Å². The Labute approximate surface area is 89.8 Å². The molecule has 0 aliphatic heterocycles. The van der Waals surface area contributed by atoms with Gasteiger partial charge < -0.3 is 10.6 Å². The van der Waals surface area contributed by atoms with Crippen LogP contribution in [0.3, 0.4) is 0 Å². The third-order valence-corrected chi connectivity index (χ3v) is 2.77. The van der Waals surface area contributed by atoms with Crippen molar-refractivity contribution in [3.63, 3.8) is 0 Å². The predicted octanol–water partition coefficient (Wildman–Crippen LogP) is 0.834. The number of hydrogen-bond donors (Lipinski definition) is 3. The molecule has 0 aromatic heterocycles. The predicted molar refractivity (Wildman–Crippen MR) is 60.1 cm³/mol. The maximum atomic E-state index is 11.3. The zero-order valence-corrected chi connectivity index (χ0v) is 9.57. The van der Waals surface area contributed by atoms with Gasteiger partial charge in [0.05, 0.1) is 0 Å². The molecule has 0 heterocycles. The van der Waals surface area contributed by atoms with Gasteiger partial charge in [0, 0.05) is 13.1 Å². The molecule has 80 valence electrons. The topological polar surface area (TPSA) is 53.2 Å². The Morgan fingerprint density at radius 1 is 1.50 bits per heavy atom. The molecule has 0 spiro atoms. The zero-order chi connectivity index (χ0) is 10.7. The van der Waals surface area contributed by atoms with Gasteiger partial charge in [0.15, 0.2) is 5.11 Å². The third-order valence-electron chi connectivity index (χ3n) is 2.47. The molecule has 2 atom stereocenters. The van der Waals surface area contributed by atoms with Crippen LogP contribution in [0.4, 0.5) is 4.79 Å². The number of amides is 2. The third kappa shape index (κ3) is 3.14. The molecule has 3 N–H and O–H groups in total. The molecule has 14 heavy (non-hydrogen) atoms. The Balaban J connectivity index is 2.20. The van der Waals surface area contributed by atoms with Crippen molar-refractivity contribution in [1.82, 2.24) is 16.0 Å². The van der Waals surface area contributed by atoms with E-state index >= 15 is 0 Å². The number of thiocarbonyl (C=S) groups is 1. The van der Waals surface area contributed by atoms with E-state index in [1.807, 2.05) is 0 Å². The van der Waals surface area contributed by atoms with Crippen molar-refractivity contribution in [2.24, 2.45) is 11.8 Å². The van der Waals surface area contributed by atoms with Crippen LogP contribution in [0.2, 0.25) is 0 Å². The fraction of sp³-hybridized carbons (Fsp3) is 0.778. The standard InChI is InChI=1S/C9H17N3OS/c1-5(2)6-4-7(6)11-8(13)12-9(14)10-3/h5-7H,4H2,1-3H3,(H3,10,11,12,13,14). The lowest BCUT2D eigenvalue weighted by Crippen LogP contribution is -2.44. The molecule has 1 saturated carbocycles. The monoisotopic (exact) mass is 215 g/mol. The molecule has 0 radical (unpaired) electrons. The maximum Gasteiger partial charge on any atom is 0.321 e. The molecular weight excluding hydrogens is 198 g/mol. The van der Waals surface area contributed by atoms with Crippen molar-refractivity contribution < 1.29 is 4.79 Å². The van der Waals surface area contributed by atoms with Crippen molar-refractivity contribution in [3.05, 3.63) is 0 Å². The Kier molecular flexibility index (Phi) is 3.69. The summed E-state index contributed by atoms with van der Waals surface area (Å²) in [7, 11) is 1.68. The molecule has 0 bridgehead atoms. The molecule has 1 rings (SSSR count). The van der Waals surface area contributed by atoms with Gasteiger partial charge in [-0.05, 0) is 30.5 Å². The van der Waals surface area contributed by atoms with Gasteiger partial charge >= 0.3 is 6.03 Å². The van der Waals surface area contributed by atoms with Crippen LogP contribution in [0.5, 0.6) is 0 Å². The van der Waals surface area contributed by atoms with Gasteiger partial charge in [0.25, 0.3) is 0 Å². The molecule has 0 aromatic carbocycles. The normalized spacial score (nSPS) is 24.3. The van der Waals surface area contributed by atoms with Crippen molar-refractivity contribution in [2.75, 3.05) is 7.05 Å². The van der Waals surface area contributed by atoms with Gasteiger partial charge in [-0.1, -0.05) is 13.8 Å². The van der Waals surface area contributed by atoms with Crippen LogP contribution >= 0.6 is 12.2 Å². The lowest BCUT2D eigenvalue weighted by Gasteiger charge is -2.08. The minimum atomic E-state index is -0.211. The number of hydrogen-bond acceptors (Lipinski definition) is 2. The number of urea groups is 1. The van der Waals surface area contributed by atoms with Crippen LogP contribution in [0.1, 0.15) is 20.3 Å². The first-order valence-corrected chi connectivity index (χ1v) is 5.24. The average Bonchev–Trinajstić information content (AvgIpc) is 2.83. The van der Waals surface area contributed by atoms with Gasteiger partial charge in [-0.2, -0.15) is 0 Å². The minimum Gasteiger partial charge on any atom is -0.365 e. The quantitative estimate of drug-likeness (QED) is 0.598. The van der Waals surface area contributed by atoms with Gasteiger partial charge in [0.2, 0.25) is 0 Å². The van der Waals surface area contributed by atoms with E-state index in [9.17, 15) is 4.79 Å². The smallest absolute Gasteiger partial charge is 0.321 e. The Morgan fingerprint density at radius 3 is 2.57 bits per heavy atom. The highest BCUT2D eigenvalue weighted by Crippen LogP contribution is 2.36. The van der Waals surface area contributed by atoms with Crippen molar-refractivity contribution in [2.45, 2.75) is 26.3 Å². The highest BCUT2D eigenvalue weighted by Gasteiger charge is 2.40. The van der Waals surface area contributed by atoms with E-state index in [4.69, 9.17) is 12.2 Å². The summed E-state index contributed by atoms with van der Waals surface area (Å²) in [6.45, 7) is 4.34. The van der Waals surface area contributed by atoms with Gasteiger partial charge in [-0.3, -0.25) is 5.32 Å². The summed E-state index contributed by atoms with van der Waals surface area (Å²) in [6.07, 6.45) is 1.08. The summed E-state index contributed by atoms with van der Waals surface area (Å²) in [5, 5.41) is 8.44. The van der Waals surface area contributed by atoms with Crippen LogP contribution in [-0.4, -0.2) is 24.2 Å².